The number of amides is 3. The lowest BCUT2D eigenvalue weighted by atomic mass is 10.3. The SMILES string of the molecule is CNC(=O)NC(=O)C(C)NCC(O)COC. The Kier molecular flexibility index (Phi) is 7.44. The fraction of sp³-hybridized carbons (Fsp3) is 0.778. The Morgan fingerprint density at radius 2 is 2.06 bits per heavy atom. The van der Waals surface area contributed by atoms with Crippen LogP contribution in [0.1, 0.15) is 6.92 Å². The minimum atomic E-state index is -0.680. The Hall–Kier alpha value is -1.18. The second-order valence-corrected chi connectivity index (χ2v) is 3.31. The van der Waals surface area contributed by atoms with Crippen LogP contribution in [-0.4, -0.2) is 56.5 Å². The summed E-state index contributed by atoms with van der Waals surface area (Å²) < 4.78 is 4.72. The van der Waals surface area contributed by atoms with E-state index in [0.717, 1.165) is 0 Å². The molecule has 0 aromatic carbocycles. The van der Waals surface area contributed by atoms with Crippen LogP contribution < -0.4 is 16.0 Å². The Bertz CT molecular complexity index is 235. The van der Waals surface area contributed by atoms with E-state index in [4.69, 9.17) is 4.74 Å². The number of hydrogen-bond donors (Lipinski definition) is 4. The first-order chi connectivity index (χ1) is 7.51. The quantitative estimate of drug-likeness (QED) is 0.444. The lowest BCUT2D eigenvalue weighted by molar-refractivity contribution is -0.121. The minimum Gasteiger partial charge on any atom is -0.389 e. The molecule has 0 aromatic rings. The van der Waals surface area contributed by atoms with Crippen molar-refractivity contribution in [2.45, 2.75) is 19.1 Å². The predicted molar refractivity (Wildman–Crippen MR) is 57.9 cm³/mol. The van der Waals surface area contributed by atoms with E-state index < -0.39 is 24.1 Å². The number of carbonyl (C=O) groups excluding carboxylic acids is 2. The van der Waals surface area contributed by atoms with Crippen molar-refractivity contribution < 1.29 is 19.4 Å². The van der Waals surface area contributed by atoms with Gasteiger partial charge in [-0.3, -0.25) is 10.1 Å². The van der Waals surface area contributed by atoms with Gasteiger partial charge in [0.2, 0.25) is 5.91 Å². The second kappa shape index (κ2) is 8.03. The van der Waals surface area contributed by atoms with Crippen LogP contribution in [0.15, 0.2) is 0 Å². The molecule has 0 radical (unpaired) electrons. The lowest BCUT2D eigenvalue weighted by Gasteiger charge is -2.15. The van der Waals surface area contributed by atoms with Crippen molar-refractivity contribution in [2.75, 3.05) is 27.3 Å². The average Bonchev–Trinajstić information content (AvgIpc) is 2.25. The highest BCUT2D eigenvalue weighted by Crippen LogP contribution is 1.86. The van der Waals surface area contributed by atoms with E-state index in [2.05, 4.69) is 16.0 Å². The number of imide groups is 1. The topological polar surface area (TPSA) is 99.7 Å². The molecular weight excluding hydrogens is 214 g/mol. The van der Waals surface area contributed by atoms with E-state index in [-0.39, 0.29) is 13.2 Å². The van der Waals surface area contributed by atoms with Crippen molar-refractivity contribution in [1.82, 2.24) is 16.0 Å². The number of hydrogen-bond acceptors (Lipinski definition) is 5. The molecule has 0 aromatic heterocycles. The molecule has 0 fully saturated rings. The highest BCUT2D eigenvalue weighted by Gasteiger charge is 2.15. The molecule has 0 aliphatic heterocycles. The number of methoxy groups -OCH3 is 1. The van der Waals surface area contributed by atoms with Gasteiger partial charge in [0, 0.05) is 20.7 Å². The van der Waals surface area contributed by atoms with E-state index >= 15 is 0 Å². The van der Waals surface area contributed by atoms with Crippen molar-refractivity contribution in [3.63, 3.8) is 0 Å². The third-order valence-corrected chi connectivity index (χ3v) is 1.88. The highest BCUT2D eigenvalue weighted by molar-refractivity contribution is 5.96. The van der Waals surface area contributed by atoms with Gasteiger partial charge in [-0.2, -0.15) is 0 Å². The first-order valence-corrected chi connectivity index (χ1v) is 4.94. The summed E-state index contributed by atoms with van der Waals surface area (Å²) in [6.07, 6.45) is -0.680. The van der Waals surface area contributed by atoms with E-state index in [0.29, 0.717) is 0 Å². The third kappa shape index (κ3) is 6.33. The number of ether oxygens (including phenoxy) is 1. The van der Waals surface area contributed by atoms with Gasteiger partial charge in [-0.15, -0.1) is 0 Å². The van der Waals surface area contributed by atoms with E-state index in [1.54, 1.807) is 6.92 Å². The fourth-order valence-electron chi connectivity index (χ4n) is 0.939. The summed E-state index contributed by atoms with van der Waals surface area (Å²) in [6.45, 7) is 2.00. The number of urea groups is 1. The molecule has 94 valence electrons. The van der Waals surface area contributed by atoms with Gasteiger partial charge in [0.1, 0.15) is 0 Å². The van der Waals surface area contributed by atoms with Crippen LogP contribution in [0.3, 0.4) is 0 Å². The van der Waals surface area contributed by atoms with Crippen LogP contribution in [0.25, 0.3) is 0 Å². The zero-order valence-corrected chi connectivity index (χ0v) is 9.74. The Labute approximate surface area is 94.5 Å². The normalized spacial score (nSPS) is 14.0. The third-order valence-electron chi connectivity index (χ3n) is 1.88. The smallest absolute Gasteiger partial charge is 0.321 e. The average molecular weight is 233 g/mol. The molecule has 0 rings (SSSR count). The Morgan fingerprint density at radius 1 is 1.44 bits per heavy atom. The van der Waals surface area contributed by atoms with E-state index in [9.17, 15) is 14.7 Å². The lowest BCUT2D eigenvalue weighted by Crippen LogP contribution is -2.49. The van der Waals surface area contributed by atoms with Gasteiger partial charge in [-0.1, -0.05) is 0 Å². The van der Waals surface area contributed by atoms with Crippen LogP contribution >= 0.6 is 0 Å². The first kappa shape index (κ1) is 14.8. The summed E-state index contributed by atoms with van der Waals surface area (Å²) in [5.74, 6) is -0.455. The number of carbonyl (C=O) groups is 2. The first-order valence-electron chi connectivity index (χ1n) is 4.94. The maximum absolute atomic E-state index is 11.3. The van der Waals surface area contributed by atoms with E-state index in [1.807, 2.05) is 0 Å². The highest BCUT2D eigenvalue weighted by atomic mass is 16.5. The van der Waals surface area contributed by atoms with E-state index in [1.165, 1.54) is 14.2 Å². The zero-order chi connectivity index (χ0) is 12.6. The van der Waals surface area contributed by atoms with Crippen molar-refractivity contribution in [2.24, 2.45) is 0 Å². The molecular formula is C9H19N3O4. The molecule has 0 spiro atoms. The number of aliphatic hydroxyl groups excluding tert-OH is 1. The van der Waals surface area contributed by atoms with Crippen molar-refractivity contribution >= 4 is 11.9 Å². The van der Waals surface area contributed by atoms with Crippen LogP contribution in [0.4, 0.5) is 4.79 Å². The molecule has 0 aliphatic carbocycles. The minimum absolute atomic E-state index is 0.191. The second-order valence-electron chi connectivity index (χ2n) is 3.31. The molecule has 0 heterocycles. The van der Waals surface area contributed by atoms with Crippen LogP contribution in [0.2, 0.25) is 0 Å². The Morgan fingerprint density at radius 3 is 2.56 bits per heavy atom. The molecule has 3 amide bonds. The summed E-state index contributed by atoms with van der Waals surface area (Å²) in [6, 6.07) is -1.13. The molecule has 4 N–H and O–H groups in total. The van der Waals surface area contributed by atoms with Crippen LogP contribution in [-0.2, 0) is 9.53 Å². The largest absolute Gasteiger partial charge is 0.389 e. The zero-order valence-electron chi connectivity index (χ0n) is 9.74. The molecule has 2 unspecified atom stereocenters. The molecule has 2 atom stereocenters. The van der Waals surface area contributed by atoms with Crippen molar-refractivity contribution in [1.29, 1.82) is 0 Å². The summed E-state index contributed by atoms with van der Waals surface area (Å²) in [5.41, 5.74) is 0. The monoisotopic (exact) mass is 233 g/mol. The fourth-order valence-corrected chi connectivity index (χ4v) is 0.939. The van der Waals surface area contributed by atoms with Gasteiger partial charge in [0.15, 0.2) is 0 Å². The molecule has 16 heavy (non-hydrogen) atoms. The summed E-state index contributed by atoms with van der Waals surface area (Å²) in [5, 5.41) is 16.5. The molecule has 0 bridgehead atoms. The van der Waals surface area contributed by atoms with Gasteiger partial charge < -0.3 is 20.5 Å². The van der Waals surface area contributed by atoms with Gasteiger partial charge in [-0.05, 0) is 6.92 Å². The summed E-state index contributed by atoms with van der Waals surface area (Å²) in [4.78, 5) is 22.2. The van der Waals surface area contributed by atoms with Crippen LogP contribution in [0, 0.1) is 0 Å². The van der Waals surface area contributed by atoms with Gasteiger partial charge in [0.05, 0.1) is 18.8 Å². The number of rotatable bonds is 6. The van der Waals surface area contributed by atoms with Crippen molar-refractivity contribution in [3.8, 4) is 0 Å². The summed E-state index contributed by atoms with van der Waals surface area (Å²) >= 11 is 0. The predicted octanol–water partition coefficient (Wildman–Crippen LogP) is -1.57. The molecule has 0 saturated carbocycles. The van der Waals surface area contributed by atoms with Gasteiger partial charge in [0.25, 0.3) is 0 Å². The van der Waals surface area contributed by atoms with Crippen molar-refractivity contribution in [3.05, 3.63) is 0 Å². The number of aliphatic hydroxyl groups is 1. The molecule has 7 nitrogen and oxygen atoms in total. The summed E-state index contributed by atoms with van der Waals surface area (Å²) in [7, 11) is 2.90. The maximum atomic E-state index is 11.3. The Balaban J connectivity index is 3.83. The standard InChI is InChI=1S/C9H19N3O4/c1-6(8(14)12-9(15)10-2)11-4-7(13)5-16-3/h6-7,11,13H,4-5H2,1-3H3,(H2,10,12,14,15). The number of nitrogens with one attached hydrogen (secondary N) is 3. The molecule has 7 heteroatoms. The maximum Gasteiger partial charge on any atom is 0.321 e. The van der Waals surface area contributed by atoms with Gasteiger partial charge >= 0.3 is 6.03 Å². The molecule has 0 saturated heterocycles. The van der Waals surface area contributed by atoms with Gasteiger partial charge in [-0.25, -0.2) is 4.79 Å². The molecule has 0 aliphatic rings. The van der Waals surface area contributed by atoms with Crippen LogP contribution in [0.5, 0.6) is 0 Å².